The van der Waals surface area contributed by atoms with Gasteiger partial charge in [0.05, 0.1) is 15.1 Å². The highest BCUT2D eigenvalue weighted by Crippen LogP contribution is 2.40. The van der Waals surface area contributed by atoms with Gasteiger partial charge in [-0.1, -0.05) is 58.0 Å². The number of hydrogen-bond donors (Lipinski definition) is 1. The van der Waals surface area contributed by atoms with Crippen molar-refractivity contribution in [2.45, 2.75) is 0 Å². The molecule has 0 saturated heterocycles. The second-order valence-electron chi connectivity index (χ2n) is 3.21. The fourth-order valence-electron chi connectivity index (χ4n) is 1.38. The topological polar surface area (TPSA) is 25.2 Å². The van der Waals surface area contributed by atoms with Crippen LogP contribution in [0.3, 0.4) is 0 Å². The number of aromatic hydroxyl groups is 1. The number of phenols is 1. The minimum absolute atomic E-state index is 0.118. The van der Waals surface area contributed by atoms with E-state index in [2.05, 4.69) is 0 Å². The highest BCUT2D eigenvalue weighted by Gasteiger charge is 2.17. The SMILES string of the molecule is Oc1cc(Cl)cc(Cl)c1-n1cc(Cl)c(Cl)c1Cl. The lowest BCUT2D eigenvalue weighted by molar-refractivity contribution is 0.472. The molecule has 0 aliphatic rings. The van der Waals surface area contributed by atoms with Gasteiger partial charge in [0.25, 0.3) is 0 Å². The summed E-state index contributed by atoms with van der Waals surface area (Å²) in [6, 6.07) is 2.83. The van der Waals surface area contributed by atoms with Gasteiger partial charge in [0.1, 0.15) is 16.6 Å². The maximum atomic E-state index is 9.82. The molecule has 0 fully saturated rings. The van der Waals surface area contributed by atoms with Crippen molar-refractivity contribution in [1.82, 2.24) is 4.57 Å². The third-order valence-corrected chi connectivity index (χ3v) is 3.83. The van der Waals surface area contributed by atoms with Crippen molar-refractivity contribution in [2.24, 2.45) is 0 Å². The molecular weight excluding hydrogens is 327 g/mol. The Labute approximate surface area is 122 Å². The van der Waals surface area contributed by atoms with E-state index >= 15 is 0 Å². The summed E-state index contributed by atoms with van der Waals surface area (Å²) in [6.07, 6.45) is 1.46. The molecule has 2 rings (SSSR count). The van der Waals surface area contributed by atoms with Crippen molar-refractivity contribution in [3.05, 3.63) is 43.6 Å². The summed E-state index contributed by atoms with van der Waals surface area (Å²) >= 11 is 29.4. The maximum Gasteiger partial charge on any atom is 0.142 e. The van der Waals surface area contributed by atoms with Gasteiger partial charge in [0.15, 0.2) is 0 Å². The molecule has 0 spiro atoms. The van der Waals surface area contributed by atoms with Crippen molar-refractivity contribution in [1.29, 1.82) is 0 Å². The van der Waals surface area contributed by atoms with Gasteiger partial charge in [-0.3, -0.25) is 4.57 Å². The Balaban J connectivity index is 2.73. The van der Waals surface area contributed by atoms with Gasteiger partial charge in [0.2, 0.25) is 0 Å². The first-order chi connectivity index (χ1) is 7.91. The van der Waals surface area contributed by atoms with Crippen LogP contribution in [0.1, 0.15) is 0 Å². The minimum atomic E-state index is -0.118. The van der Waals surface area contributed by atoms with Crippen LogP contribution in [-0.4, -0.2) is 9.67 Å². The van der Waals surface area contributed by atoms with Gasteiger partial charge < -0.3 is 5.11 Å². The van der Waals surface area contributed by atoms with Crippen LogP contribution >= 0.6 is 58.0 Å². The molecule has 0 aliphatic carbocycles. The molecule has 0 amide bonds. The van der Waals surface area contributed by atoms with E-state index in [1.54, 1.807) is 0 Å². The first-order valence-corrected chi connectivity index (χ1v) is 6.21. The van der Waals surface area contributed by atoms with E-state index < -0.39 is 0 Å². The number of halogens is 5. The number of benzene rings is 1. The van der Waals surface area contributed by atoms with Crippen LogP contribution in [0.2, 0.25) is 25.2 Å². The fourth-order valence-corrected chi connectivity index (χ4v) is 2.57. The number of aromatic nitrogens is 1. The van der Waals surface area contributed by atoms with E-state index in [1.807, 2.05) is 0 Å². The molecule has 90 valence electrons. The van der Waals surface area contributed by atoms with E-state index in [9.17, 15) is 5.11 Å². The van der Waals surface area contributed by atoms with Gasteiger partial charge in [-0.2, -0.15) is 0 Å². The Morgan fingerprint density at radius 1 is 0.941 bits per heavy atom. The Morgan fingerprint density at radius 3 is 2.06 bits per heavy atom. The normalized spacial score (nSPS) is 10.9. The molecule has 0 atom stereocenters. The van der Waals surface area contributed by atoms with Crippen LogP contribution in [0.4, 0.5) is 0 Å². The predicted molar refractivity (Wildman–Crippen MR) is 72.5 cm³/mol. The Morgan fingerprint density at radius 2 is 1.59 bits per heavy atom. The van der Waals surface area contributed by atoms with Crippen molar-refractivity contribution in [3.8, 4) is 11.4 Å². The molecule has 17 heavy (non-hydrogen) atoms. The van der Waals surface area contributed by atoms with E-state index in [0.717, 1.165) is 0 Å². The van der Waals surface area contributed by atoms with Gasteiger partial charge in [0, 0.05) is 17.3 Å². The second kappa shape index (κ2) is 4.79. The second-order valence-corrected chi connectivity index (χ2v) is 5.19. The molecule has 0 bridgehead atoms. The van der Waals surface area contributed by atoms with Crippen LogP contribution in [0.5, 0.6) is 5.75 Å². The fraction of sp³-hybridized carbons (Fsp3) is 0. The Kier molecular flexibility index (Phi) is 3.71. The third-order valence-electron chi connectivity index (χ3n) is 2.09. The molecule has 1 aromatic heterocycles. The number of hydrogen-bond acceptors (Lipinski definition) is 1. The first-order valence-electron chi connectivity index (χ1n) is 4.32. The highest BCUT2D eigenvalue weighted by atomic mass is 35.5. The summed E-state index contributed by atoms with van der Waals surface area (Å²) in [5.41, 5.74) is 0.273. The number of nitrogens with zero attached hydrogens (tertiary/aromatic N) is 1. The quantitative estimate of drug-likeness (QED) is 0.738. The zero-order valence-electron chi connectivity index (χ0n) is 8.02. The summed E-state index contributed by atoms with van der Waals surface area (Å²) in [5.74, 6) is -0.118. The average Bonchev–Trinajstić information content (AvgIpc) is 2.45. The molecule has 0 unspecified atom stereocenters. The molecule has 2 aromatic rings. The van der Waals surface area contributed by atoms with Gasteiger partial charge in [-0.05, 0) is 6.07 Å². The summed E-state index contributed by atoms with van der Waals surface area (Å²) in [6.45, 7) is 0. The van der Waals surface area contributed by atoms with Crippen LogP contribution in [0.15, 0.2) is 18.3 Å². The number of rotatable bonds is 1. The molecule has 1 N–H and O–H groups in total. The molecular formula is C10H4Cl5NO. The van der Waals surface area contributed by atoms with Crippen LogP contribution in [0.25, 0.3) is 5.69 Å². The van der Waals surface area contributed by atoms with Crippen LogP contribution in [-0.2, 0) is 0 Å². The first kappa shape index (κ1) is 13.2. The lowest BCUT2D eigenvalue weighted by atomic mass is 10.3. The van der Waals surface area contributed by atoms with Gasteiger partial charge in [-0.25, -0.2) is 0 Å². The van der Waals surface area contributed by atoms with E-state index in [1.165, 1.54) is 22.9 Å². The summed E-state index contributed by atoms with van der Waals surface area (Å²) < 4.78 is 1.39. The average molecular weight is 331 g/mol. The Bertz CT molecular complexity index is 570. The molecule has 0 aliphatic heterocycles. The predicted octanol–water partition coefficient (Wildman–Crippen LogP) is 5.45. The summed E-state index contributed by atoms with van der Waals surface area (Å²) in [7, 11) is 0. The molecule has 2 nitrogen and oxygen atoms in total. The maximum absolute atomic E-state index is 9.82. The molecule has 7 heteroatoms. The molecule has 1 heterocycles. The number of phenolic OH excluding ortho intramolecular Hbond substituents is 1. The molecule has 0 saturated carbocycles. The van der Waals surface area contributed by atoms with Crippen molar-refractivity contribution < 1.29 is 5.11 Å². The van der Waals surface area contributed by atoms with Crippen molar-refractivity contribution in [2.75, 3.05) is 0 Å². The monoisotopic (exact) mass is 329 g/mol. The smallest absolute Gasteiger partial charge is 0.142 e. The van der Waals surface area contributed by atoms with Crippen molar-refractivity contribution in [3.63, 3.8) is 0 Å². The Hall–Kier alpha value is -0.250. The lowest BCUT2D eigenvalue weighted by Gasteiger charge is -2.10. The zero-order chi connectivity index (χ0) is 12.7. The third kappa shape index (κ3) is 2.33. The standard InChI is InChI=1S/C10H4Cl5NO/c11-4-1-5(12)9(7(17)2-4)16-3-6(13)8(14)10(16)15/h1-3,17H. The van der Waals surface area contributed by atoms with Gasteiger partial charge in [-0.15, -0.1) is 0 Å². The highest BCUT2D eigenvalue weighted by molar-refractivity contribution is 6.48. The zero-order valence-corrected chi connectivity index (χ0v) is 11.8. The largest absolute Gasteiger partial charge is 0.506 e. The molecule has 1 aromatic carbocycles. The van der Waals surface area contributed by atoms with E-state index in [4.69, 9.17) is 58.0 Å². The lowest BCUT2D eigenvalue weighted by Crippen LogP contribution is -1.94. The van der Waals surface area contributed by atoms with E-state index in [-0.39, 0.29) is 31.7 Å². The van der Waals surface area contributed by atoms with Crippen LogP contribution in [0, 0.1) is 0 Å². The summed E-state index contributed by atoms with van der Waals surface area (Å²) in [4.78, 5) is 0. The minimum Gasteiger partial charge on any atom is -0.506 e. The summed E-state index contributed by atoms with van der Waals surface area (Å²) in [5, 5.41) is 11.0. The van der Waals surface area contributed by atoms with Gasteiger partial charge >= 0.3 is 0 Å². The van der Waals surface area contributed by atoms with Crippen LogP contribution < -0.4 is 0 Å². The van der Waals surface area contributed by atoms with Crippen molar-refractivity contribution >= 4 is 58.0 Å². The molecule has 0 radical (unpaired) electrons. The van der Waals surface area contributed by atoms with E-state index in [0.29, 0.717) is 5.02 Å².